The number of anilines is 1. The number of ether oxygens (including phenoxy) is 1. The lowest BCUT2D eigenvalue weighted by molar-refractivity contribution is 0.211. The predicted octanol–water partition coefficient (Wildman–Crippen LogP) is 0.381. The molecule has 7 nitrogen and oxygen atoms in total. The van der Waals surface area contributed by atoms with Gasteiger partial charge in [-0.05, 0) is 0 Å². The molecule has 0 bridgehead atoms. The molecule has 0 fully saturated rings. The van der Waals surface area contributed by atoms with Crippen molar-refractivity contribution in [3.8, 4) is 11.5 Å². The summed E-state index contributed by atoms with van der Waals surface area (Å²) in [5.41, 5.74) is 0.644. The number of hydrogen-bond acceptors (Lipinski definition) is 7. The zero-order valence-electron chi connectivity index (χ0n) is 8.10. The zero-order valence-corrected chi connectivity index (χ0v) is 8.91. The Labute approximate surface area is 90.1 Å². The fraction of sp³-hybridized carbons (Fsp3) is 0.429. The van der Waals surface area contributed by atoms with E-state index >= 15 is 0 Å². The summed E-state index contributed by atoms with van der Waals surface area (Å²) >= 11 is 1.29. The van der Waals surface area contributed by atoms with Crippen molar-refractivity contribution in [2.45, 2.75) is 0 Å². The molecule has 2 aromatic rings. The number of aromatic amines is 1. The molecule has 0 saturated carbocycles. The average molecular weight is 226 g/mol. The first-order valence-corrected chi connectivity index (χ1v) is 5.10. The first kappa shape index (κ1) is 9.99. The third-order valence-corrected chi connectivity index (χ3v) is 2.33. The number of rotatable bonds is 5. The van der Waals surface area contributed by atoms with Crippen LogP contribution in [-0.2, 0) is 4.74 Å². The van der Waals surface area contributed by atoms with Crippen molar-refractivity contribution in [2.24, 2.45) is 0 Å². The van der Waals surface area contributed by atoms with Crippen LogP contribution in [0, 0.1) is 0 Å². The Morgan fingerprint density at radius 2 is 2.53 bits per heavy atom. The van der Waals surface area contributed by atoms with Crippen LogP contribution in [0.2, 0.25) is 0 Å². The van der Waals surface area contributed by atoms with Gasteiger partial charge in [-0.1, -0.05) is 0 Å². The molecule has 0 unspecified atom stereocenters. The van der Waals surface area contributed by atoms with E-state index in [0.717, 1.165) is 5.13 Å². The fourth-order valence-corrected chi connectivity index (χ4v) is 1.57. The molecule has 0 amide bonds. The van der Waals surface area contributed by atoms with Crippen molar-refractivity contribution in [1.82, 2.24) is 24.8 Å². The van der Waals surface area contributed by atoms with Crippen LogP contribution in [0.25, 0.3) is 11.5 Å². The van der Waals surface area contributed by atoms with Crippen LogP contribution in [0.4, 0.5) is 5.13 Å². The van der Waals surface area contributed by atoms with Crippen molar-refractivity contribution >= 4 is 16.7 Å². The summed E-state index contributed by atoms with van der Waals surface area (Å²) < 4.78 is 9.05. The van der Waals surface area contributed by atoms with Gasteiger partial charge in [0.2, 0.25) is 5.13 Å². The summed E-state index contributed by atoms with van der Waals surface area (Å²) in [5, 5.41) is 13.9. The van der Waals surface area contributed by atoms with Crippen LogP contribution >= 0.6 is 11.5 Å². The van der Waals surface area contributed by atoms with E-state index in [1.54, 1.807) is 13.3 Å². The Kier molecular flexibility index (Phi) is 3.20. The highest BCUT2D eigenvalue weighted by Crippen LogP contribution is 2.17. The maximum Gasteiger partial charge on any atom is 0.203 e. The normalized spacial score (nSPS) is 10.5. The molecular formula is C7H10N6OS. The minimum Gasteiger partial charge on any atom is -0.383 e. The fourth-order valence-electron chi connectivity index (χ4n) is 0.969. The van der Waals surface area contributed by atoms with Crippen LogP contribution in [0.15, 0.2) is 6.20 Å². The van der Waals surface area contributed by atoms with Gasteiger partial charge in [-0.3, -0.25) is 0 Å². The molecular weight excluding hydrogens is 216 g/mol. The average Bonchev–Trinajstić information content (AvgIpc) is 2.87. The third-order valence-electron chi connectivity index (χ3n) is 1.65. The first-order valence-electron chi connectivity index (χ1n) is 4.33. The van der Waals surface area contributed by atoms with Crippen molar-refractivity contribution in [3.05, 3.63) is 6.20 Å². The van der Waals surface area contributed by atoms with Crippen molar-refractivity contribution < 1.29 is 4.74 Å². The van der Waals surface area contributed by atoms with Crippen molar-refractivity contribution in [1.29, 1.82) is 0 Å². The molecule has 2 rings (SSSR count). The molecule has 0 aliphatic heterocycles. The van der Waals surface area contributed by atoms with Gasteiger partial charge < -0.3 is 10.1 Å². The van der Waals surface area contributed by atoms with Crippen LogP contribution in [0.3, 0.4) is 0 Å². The molecule has 0 aliphatic carbocycles. The minimum absolute atomic E-state index is 0.577. The highest BCUT2D eigenvalue weighted by molar-refractivity contribution is 7.09. The van der Waals surface area contributed by atoms with E-state index in [0.29, 0.717) is 24.7 Å². The molecule has 80 valence electrons. The summed E-state index contributed by atoms with van der Waals surface area (Å²) in [5.74, 6) is 0.577. The van der Waals surface area contributed by atoms with Gasteiger partial charge in [0, 0.05) is 25.2 Å². The second-order valence-electron chi connectivity index (χ2n) is 2.70. The Bertz CT molecular complexity index is 399. The van der Waals surface area contributed by atoms with E-state index in [-0.39, 0.29) is 0 Å². The molecule has 0 aliphatic rings. The van der Waals surface area contributed by atoms with Gasteiger partial charge in [-0.2, -0.15) is 24.8 Å². The summed E-state index contributed by atoms with van der Waals surface area (Å²) in [6, 6.07) is 0. The Balaban J connectivity index is 1.98. The standard InChI is InChI=1S/C7H10N6OS/c1-14-3-2-8-7-10-6(12-15-7)5-4-9-13-11-5/h4H,2-3H2,1H3,(H,8,10,12)(H,9,11,13). The summed E-state index contributed by atoms with van der Waals surface area (Å²) in [4.78, 5) is 4.24. The molecule has 0 atom stereocenters. The lowest BCUT2D eigenvalue weighted by atomic mass is 10.5. The van der Waals surface area contributed by atoms with Gasteiger partial charge in [0.25, 0.3) is 0 Å². The molecule has 0 radical (unpaired) electrons. The zero-order chi connectivity index (χ0) is 10.5. The lowest BCUT2D eigenvalue weighted by Gasteiger charge is -1.98. The molecule has 0 spiro atoms. The number of nitrogens with zero attached hydrogens (tertiary/aromatic N) is 4. The topological polar surface area (TPSA) is 88.6 Å². The summed E-state index contributed by atoms with van der Waals surface area (Å²) in [7, 11) is 1.66. The van der Waals surface area contributed by atoms with Crippen molar-refractivity contribution in [2.75, 3.05) is 25.6 Å². The summed E-state index contributed by atoms with van der Waals surface area (Å²) in [6.07, 6.45) is 1.58. The number of hydrogen-bond donors (Lipinski definition) is 2. The number of nitrogens with one attached hydrogen (secondary N) is 2. The molecule has 2 heterocycles. The van der Waals surface area contributed by atoms with E-state index in [1.807, 2.05) is 0 Å². The number of H-pyrrole nitrogens is 1. The molecule has 0 saturated heterocycles. The van der Waals surface area contributed by atoms with Crippen LogP contribution in [-0.4, -0.2) is 45.0 Å². The SMILES string of the molecule is COCCNc1nc(-c2cn[nH]n2)ns1. The summed E-state index contributed by atoms with van der Waals surface area (Å²) in [6.45, 7) is 1.35. The molecule has 8 heteroatoms. The van der Waals surface area contributed by atoms with Gasteiger partial charge in [0.05, 0.1) is 12.8 Å². The quantitative estimate of drug-likeness (QED) is 0.716. The Morgan fingerprint density at radius 3 is 3.27 bits per heavy atom. The molecule has 0 aromatic carbocycles. The maximum absolute atomic E-state index is 4.91. The maximum atomic E-state index is 4.91. The highest BCUT2D eigenvalue weighted by Gasteiger charge is 2.07. The van der Waals surface area contributed by atoms with Crippen LogP contribution < -0.4 is 5.32 Å². The smallest absolute Gasteiger partial charge is 0.203 e. The highest BCUT2D eigenvalue weighted by atomic mass is 32.1. The number of aromatic nitrogens is 5. The number of methoxy groups -OCH3 is 1. The van der Waals surface area contributed by atoms with Crippen LogP contribution in [0.1, 0.15) is 0 Å². The minimum atomic E-state index is 0.577. The van der Waals surface area contributed by atoms with E-state index in [9.17, 15) is 0 Å². The van der Waals surface area contributed by atoms with Crippen molar-refractivity contribution in [3.63, 3.8) is 0 Å². The monoisotopic (exact) mass is 226 g/mol. The molecule has 2 aromatic heterocycles. The van der Waals surface area contributed by atoms with E-state index in [1.165, 1.54) is 11.5 Å². The largest absolute Gasteiger partial charge is 0.383 e. The van der Waals surface area contributed by atoms with E-state index in [2.05, 4.69) is 30.1 Å². The van der Waals surface area contributed by atoms with Gasteiger partial charge in [0.15, 0.2) is 11.5 Å². The lowest BCUT2D eigenvalue weighted by Crippen LogP contribution is -2.06. The third kappa shape index (κ3) is 2.48. The first-order chi connectivity index (χ1) is 7.40. The van der Waals surface area contributed by atoms with Gasteiger partial charge in [0.1, 0.15) is 0 Å². The van der Waals surface area contributed by atoms with Gasteiger partial charge >= 0.3 is 0 Å². The predicted molar refractivity (Wildman–Crippen MR) is 55.7 cm³/mol. The second kappa shape index (κ2) is 4.80. The second-order valence-corrected chi connectivity index (χ2v) is 3.45. The van der Waals surface area contributed by atoms with E-state index < -0.39 is 0 Å². The van der Waals surface area contributed by atoms with Crippen LogP contribution in [0.5, 0.6) is 0 Å². The molecule has 15 heavy (non-hydrogen) atoms. The molecule has 2 N–H and O–H groups in total. The Morgan fingerprint density at radius 1 is 1.60 bits per heavy atom. The van der Waals surface area contributed by atoms with Gasteiger partial charge in [-0.15, -0.1) is 0 Å². The Hall–Kier alpha value is -1.54. The van der Waals surface area contributed by atoms with E-state index in [4.69, 9.17) is 4.74 Å². The van der Waals surface area contributed by atoms with Gasteiger partial charge in [-0.25, -0.2) is 0 Å².